The van der Waals surface area contributed by atoms with Gasteiger partial charge < -0.3 is 20.3 Å². The third-order valence-electron chi connectivity index (χ3n) is 7.91. The quantitative estimate of drug-likeness (QED) is 0.0761. The molecule has 1 aliphatic rings. The van der Waals surface area contributed by atoms with Crippen molar-refractivity contribution in [2.24, 2.45) is 18.9 Å². The summed E-state index contributed by atoms with van der Waals surface area (Å²) in [6, 6.07) is 14.9. The van der Waals surface area contributed by atoms with E-state index in [-0.39, 0.29) is 18.0 Å². The lowest BCUT2D eigenvalue weighted by molar-refractivity contribution is -0.141. The summed E-state index contributed by atoms with van der Waals surface area (Å²) in [6.07, 6.45) is -6.75. The van der Waals surface area contributed by atoms with Crippen LogP contribution in [-0.4, -0.2) is 52.8 Å². The summed E-state index contributed by atoms with van der Waals surface area (Å²) in [5, 5.41) is 14.2. The lowest BCUT2D eigenvalue weighted by Crippen LogP contribution is -2.41. The van der Waals surface area contributed by atoms with Crippen molar-refractivity contribution in [1.82, 2.24) is 19.6 Å². The Morgan fingerprint density at radius 1 is 1.02 bits per heavy atom. The van der Waals surface area contributed by atoms with Gasteiger partial charge in [-0.3, -0.25) is 14.3 Å². The molecule has 16 heteroatoms. The molecular weight excluding hydrogens is 691 g/mol. The largest absolute Gasteiger partial charge is 0.481 e. The van der Waals surface area contributed by atoms with Gasteiger partial charge in [-0.2, -0.15) is 26.3 Å². The molecule has 4 N–H and O–H groups in total. The molecule has 0 aliphatic heterocycles. The van der Waals surface area contributed by atoms with Gasteiger partial charge in [0.25, 0.3) is 0 Å². The van der Waals surface area contributed by atoms with E-state index < -0.39 is 48.2 Å². The number of anilines is 1. The van der Waals surface area contributed by atoms with Gasteiger partial charge in [-0.05, 0) is 78.9 Å². The molecule has 1 amide bonds. The van der Waals surface area contributed by atoms with E-state index in [0.29, 0.717) is 29.7 Å². The van der Waals surface area contributed by atoms with E-state index >= 15 is 0 Å². The standard InChI is InChI=1S/C25H26F3N3O2.C8H5F4NO.CH5NS/c1-14-10-19(29-13-25(26,27)28)12-20(23(14)24(32)33)17-6-4-16(5-7-17)18-8-9-22-21(11-18)30-15(2)31(22)3;9-6-3-5(8(10,11)12)1-2-7(6)13-4-14;1-2-3/h4-9,11-12,14,19,23,29H,10,13H2,1-3H3,(H,32,33);1-4H,(H,13,14);2-3H,1H3/t14-,19?,23?;;/m0../s1. The Hall–Kier alpha value is -4.41. The second kappa shape index (κ2) is 17.0. The molecule has 50 heavy (non-hydrogen) atoms. The van der Waals surface area contributed by atoms with Crippen molar-refractivity contribution in [1.29, 1.82) is 0 Å². The number of imidazole rings is 1. The second-order valence-corrected chi connectivity index (χ2v) is 11.9. The first-order chi connectivity index (χ1) is 23.4. The van der Waals surface area contributed by atoms with Crippen molar-refractivity contribution in [2.45, 2.75) is 38.7 Å². The minimum atomic E-state index is -4.58. The van der Waals surface area contributed by atoms with Crippen LogP contribution in [-0.2, 0) is 22.8 Å². The maximum absolute atomic E-state index is 12.8. The van der Waals surface area contributed by atoms with Gasteiger partial charge in [0.15, 0.2) is 0 Å². The van der Waals surface area contributed by atoms with Crippen LogP contribution in [0.4, 0.5) is 36.4 Å². The molecule has 0 spiro atoms. The Bertz CT molecular complexity index is 1810. The van der Waals surface area contributed by atoms with Crippen LogP contribution in [0, 0.1) is 24.6 Å². The molecule has 5 rings (SSSR count). The van der Waals surface area contributed by atoms with E-state index in [9.17, 15) is 45.4 Å². The van der Waals surface area contributed by atoms with Crippen LogP contribution in [0.3, 0.4) is 0 Å². The molecule has 4 aromatic rings. The van der Waals surface area contributed by atoms with Crippen LogP contribution in [0.5, 0.6) is 0 Å². The Morgan fingerprint density at radius 2 is 1.62 bits per heavy atom. The summed E-state index contributed by atoms with van der Waals surface area (Å²) in [6.45, 7) is 2.61. The van der Waals surface area contributed by atoms with Gasteiger partial charge in [-0.1, -0.05) is 56.1 Å². The van der Waals surface area contributed by atoms with Crippen molar-refractivity contribution in [3.63, 3.8) is 0 Å². The van der Waals surface area contributed by atoms with Crippen molar-refractivity contribution < 1.29 is 45.4 Å². The predicted octanol–water partition coefficient (Wildman–Crippen LogP) is 7.66. The van der Waals surface area contributed by atoms with Gasteiger partial charge in [-0.15, -0.1) is 0 Å². The van der Waals surface area contributed by atoms with E-state index in [1.54, 1.807) is 20.0 Å². The zero-order valence-corrected chi connectivity index (χ0v) is 28.2. The fourth-order valence-electron chi connectivity index (χ4n) is 5.50. The van der Waals surface area contributed by atoms with Gasteiger partial charge in [-0.25, -0.2) is 9.37 Å². The monoisotopic (exact) mass is 727 g/mol. The topological polar surface area (TPSA) is 108 Å². The lowest BCUT2D eigenvalue weighted by atomic mass is 9.75. The molecule has 0 radical (unpaired) electrons. The van der Waals surface area contributed by atoms with Gasteiger partial charge in [0.05, 0.1) is 34.7 Å². The van der Waals surface area contributed by atoms with Crippen LogP contribution < -0.4 is 15.4 Å². The van der Waals surface area contributed by atoms with Crippen LogP contribution in [0.2, 0.25) is 0 Å². The number of amides is 1. The summed E-state index contributed by atoms with van der Waals surface area (Å²) >= 11 is 3.54. The zero-order chi connectivity index (χ0) is 37.4. The van der Waals surface area contributed by atoms with Crippen LogP contribution in [0.25, 0.3) is 27.7 Å². The van der Waals surface area contributed by atoms with Crippen molar-refractivity contribution in [2.75, 3.05) is 18.9 Å². The number of carboxylic acid groups (broad SMARTS) is 1. The highest BCUT2D eigenvalue weighted by atomic mass is 32.1. The van der Waals surface area contributed by atoms with Gasteiger partial charge >= 0.3 is 18.3 Å². The molecule has 0 saturated carbocycles. The Balaban J connectivity index is 0.000000331. The van der Waals surface area contributed by atoms with Gasteiger partial charge in [0, 0.05) is 13.1 Å². The number of halogens is 7. The molecule has 0 saturated heterocycles. The van der Waals surface area contributed by atoms with E-state index in [1.807, 2.05) is 66.3 Å². The Labute approximate surface area is 289 Å². The van der Waals surface area contributed by atoms with Crippen LogP contribution in [0.1, 0.15) is 30.3 Å². The molecule has 8 nitrogen and oxygen atoms in total. The minimum absolute atomic E-state index is 0.186. The number of aliphatic carboxylic acids is 1. The maximum Gasteiger partial charge on any atom is 0.416 e. The SMILES string of the molecule is CNS.Cc1nc2cc(-c3ccc(C4=CC(NCC(F)(F)F)C[C@H](C)C4C(=O)O)cc3)ccc2n1C.O=CNc1ccc(C(F)(F)F)cc1F. The van der Waals surface area contributed by atoms with Crippen molar-refractivity contribution >= 4 is 47.5 Å². The number of carbonyl (C=O) groups is 2. The number of thiol groups is 1. The van der Waals surface area contributed by atoms with E-state index in [2.05, 4.69) is 27.8 Å². The highest BCUT2D eigenvalue weighted by Gasteiger charge is 2.36. The second-order valence-electron chi connectivity index (χ2n) is 11.4. The number of nitrogens with one attached hydrogen (secondary N) is 3. The highest BCUT2D eigenvalue weighted by Crippen LogP contribution is 2.38. The first-order valence-corrected chi connectivity index (χ1v) is 15.5. The smallest absolute Gasteiger partial charge is 0.416 e. The molecule has 1 heterocycles. The molecule has 3 atom stereocenters. The summed E-state index contributed by atoms with van der Waals surface area (Å²) in [7, 11) is 3.71. The number of alkyl halides is 6. The minimum Gasteiger partial charge on any atom is -0.481 e. The molecule has 0 fully saturated rings. The number of benzene rings is 3. The zero-order valence-electron chi connectivity index (χ0n) is 27.3. The molecule has 0 bridgehead atoms. The molecule has 2 unspecified atom stereocenters. The number of fused-ring (bicyclic) bond motifs is 1. The van der Waals surface area contributed by atoms with E-state index in [1.165, 1.54) is 0 Å². The van der Waals surface area contributed by atoms with Crippen molar-refractivity contribution in [3.05, 3.63) is 89.5 Å². The van der Waals surface area contributed by atoms with Crippen LogP contribution in [0.15, 0.2) is 66.7 Å². The maximum atomic E-state index is 12.8. The van der Waals surface area contributed by atoms with Gasteiger partial charge in [0.1, 0.15) is 11.6 Å². The number of hydrogen-bond donors (Lipinski definition) is 5. The van der Waals surface area contributed by atoms with Gasteiger partial charge in [0.2, 0.25) is 6.41 Å². The number of rotatable bonds is 7. The predicted molar refractivity (Wildman–Crippen MR) is 181 cm³/mol. The lowest BCUT2D eigenvalue weighted by Gasteiger charge is -2.33. The third kappa shape index (κ3) is 10.5. The average molecular weight is 728 g/mol. The number of aromatic nitrogens is 2. The summed E-state index contributed by atoms with van der Waals surface area (Å²) in [5.41, 5.74) is 3.74. The number of carboxylic acids is 1. The van der Waals surface area contributed by atoms with E-state index in [0.717, 1.165) is 34.1 Å². The highest BCUT2D eigenvalue weighted by molar-refractivity contribution is 7.78. The molecule has 270 valence electrons. The molecular formula is C34H36F7N5O3S. The average Bonchev–Trinajstić information content (AvgIpc) is 3.32. The number of hydrogen-bond acceptors (Lipinski definition) is 6. The summed E-state index contributed by atoms with van der Waals surface area (Å²) in [4.78, 5) is 26.4. The number of carbonyl (C=O) groups excluding carboxylic acids is 1. The molecule has 1 aromatic heterocycles. The van der Waals surface area contributed by atoms with Crippen molar-refractivity contribution in [3.8, 4) is 11.1 Å². The fourth-order valence-corrected chi connectivity index (χ4v) is 5.50. The molecule has 3 aromatic carbocycles. The Morgan fingerprint density at radius 3 is 2.16 bits per heavy atom. The number of aryl methyl sites for hydroxylation is 2. The van der Waals surface area contributed by atoms with E-state index in [4.69, 9.17) is 0 Å². The Kier molecular flexibility index (Phi) is 13.6. The number of nitrogens with zero attached hydrogens (tertiary/aromatic N) is 2. The third-order valence-corrected chi connectivity index (χ3v) is 7.91. The first kappa shape index (κ1) is 40.0. The first-order valence-electron chi connectivity index (χ1n) is 15.1. The molecule has 1 aliphatic carbocycles. The fraction of sp³-hybridized carbons (Fsp3) is 0.324. The normalized spacial score (nSPS) is 17.5. The summed E-state index contributed by atoms with van der Waals surface area (Å²) in [5.74, 6) is -2.24. The van der Waals surface area contributed by atoms with Crippen LogP contribution >= 0.6 is 12.8 Å². The summed E-state index contributed by atoms with van der Waals surface area (Å²) < 4.78 is 91.4.